The molecule has 1 atom stereocenters. The summed E-state index contributed by atoms with van der Waals surface area (Å²) in [4.78, 5) is 28.3. The van der Waals surface area contributed by atoms with E-state index in [0.717, 1.165) is 17.7 Å². The highest BCUT2D eigenvalue weighted by Crippen LogP contribution is 2.28. The Bertz CT molecular complexity index is 589. The van der Waals surface area contributed by atoms with Crippen molar-refractivity contribution in [1.29, 1.82) is 0 Å². The van der Waals surface area contributed by atoms with Gasteiger partial charge in [0.2, 0.25) is 0 Å². The van der Waals surface area contributed by atoms with Crippen LogP contribution in [0.5, 0.6) is 0 Å². The number of urea groups is 1. The zero-order valence-corrected chi connectivity index (χ0v) is 15.2. The molecule has 0 spiro atoms. The van der Waals surface area contributed by atoms with Crippen molar-refractivity contribution in [2.45, 2.75) is 38.0 Å². The van der Waals surface area contributed by atoms with Gasteiger partial charge in [0.05, 0.1) is 19.7 Å². The number of carboxylic acids is 1. The van der Waals surface area contributed by atoms with Gasteiger partial charge in [0.1, 0.15) is 6.10 Å². The fourth-order valence-electron chi connectivity index (χ4n) is 3.42. The second kappa shape index (κ2) is 8.16. The molecule has 8 heteroatoms. The van der Waals surface area contributed by atoms with E-state index >= 15 is 0 Å². The highest BCUT2D eigenvalue weighted by Gasteiger charge is 2.36. The van der Waals surface area contributed by atoms with Crippen LogP contribution >= 0.6 is 11.3 Å². The maximum atomic E-state index is 12.5. The minimum Gasteiger partial charge on any atom is -0.480 e. The van der Waals surface area contributed by atoms with E-state index in [1.807, 2.05) is 34.2 Å². The summed E-state index contributed by atoms with van der Waals surface area (Å²) in [6, 6.07) is 4.36. The Morgan fingerprint density at radius 1 is 1.48 bits per heavy atom. The van der Waals surface area contributed by atoms with E-state index in [9.17, 15) is 9.59 Å². The largest absolute Gasteiger partial charge is 0.480 e. The molecule has 1 saturated heterocycles. The molecule has 1 aliphatic heterocycles. The lowest BCUT2D eigenvalue weighted by Gasteiger charge is -2.43. The smallest absolute Gasteiger partial charge is 0.317 e. The number of carbonyl (C=O) groups excluding carboxylic acids is 1. The number of nitrogens with zero attached hydrogens (tertiary/aromatic N) is 2. The lowest BCUT2D eigenvalue weighted by Crippen LogP contribution is -2.57. The Balaban J connectivity index is 1.45. The van der Waals surface area contributed by atoms with Crippen molar-refractivity contribution >= 4 is 23.3 Å². The van der Waals surface area contributed by atoms with Gasteiger partial charge in [-0.15, -0.1) is 11.3 Å². The lowest BCUT2D eigenvalue weighted by molar-refractivity contribution is -0.139. The Morgan fingerprint density at radius 2 is 2.28 bits per heavy atom. The van der Waals surface area contributed by atoms with Crippen LogP contribution in [0.2, 0.25) is 0 Å². The average Bonchev–Trinajstić information content (AvgIpc) is 3.10. The molecule has 1 saturated carbocycles. The summed E-state index contributed by atoms with van der Waals surface area (Å²) in [5.74, 6) is -0.803. The highest BCUT2D eigenvalue weighted by molar-refractivity contribution is 7.10. The van der Waals surface area contributed by atoms with Gasteiger partial charge in [-0.3, -0.25) is 9.69 Å². The second-order valence-electron chi connectivity index (χ2n) is 6.55. The minimum absolute atomic E-state index is 0.0419. The first kappa shape index (κ1) is 18.2. The number of amides is 2. The van der Waals surface area contributed by atoms with Crippen molar-refractivity contribution in [2.24, 2.45) is 0 Å². The topological polar surface area (TPSA) is 82.1 Å². The van der Waals surface area contributed by atoms with Crippen LogP contribution in [0.3, 0.4) is 0 Å². The Kier molecular flexibility index (Phi) is 5.93. The second-order valence-corrected chi connectivity index (χ2v) is 7.53. The molecule has 0 bridgehead atoms. The van der Waals surface area contributed by atoms with Gasteiger partial charge in [0.15, 0.2) is 0 Å². The normalized spacial score (nSPS) is 26.3. The fraction of sp³-hybridized carbons (Fsp3) is 0.647. The number of thiophene rings is 1. The minimum atomic E-state index is -0.803. The van der Waals surface area contributed by atoms with Crippen LogP contribution < -0.4 is 5.32 Å². The van der Waals surface area contributed by atoms with Crippen LogP contribution in [0.1, 0.15) is 30.7 Å². The first-order valence-corrected chi connectivity index (χ1v) is 9.61. The van der Waals surface area contributed by atoms with E-state index in [1.165, 1.54) is 0 Å². The quantitative estimate of drug-likeness (QED) is 0.801. The number of ether oxygens (including phenoxy) is 1. The molecule has 2 heterocycles. The number of rotatable bonds is 6. The molecule has 138 valence electrons. The Morgan fingerprint density at radius 3 is 2.92 bits per heavy atom. The Labute approximate surface area is 151 Å². The maximum Gasteiger partial charge on any atom is 0.317 e. The molecule has 2 N–H and O–H groups in total. The van der Waals surface area contributed by atoms with Gasteiger partial charge in [-0.05, 0) is 30.8 Å². The van der Waals surface area contributed by atoms with Gasteiger partial charge in [-0.25, -0.2) is 4.79 Å². The number of carbonyl (C=O) groups is 2. The van der Waals surface area contributed by atoms with Crippen LogP contribution in [-0.2, 0) is 9.53 Å². The predicted octanol–water partition coefficient (Wildman–Crippen LogP) is 1.77. The molecule has 2 amide bonds. The van der Waals surface area contributed by atoms with Gasteiger partial charge in [0, 0.05) is 23.5 Å². The summed E-state index contributed by atoms with van der Waals surface area (Å²) in [6.45, 7) is 4.46. The van der Waals surface area contributed by atoms with Crippen molar-refractivity contribution < 1.29 is 19.4 Å². The SMILES string of the molecule is CCN(CC(=O)O)C1CC(NC(=O)N2CCOC(c3cccs3)C2)C1. The van der Waals surface area contributed by atoms with Gasteiger partial charge >= 0.3 is 12.0 Å². The molecule has 1 unspecified atom stereocenters. The molecular formula is C17H25N3O4S. The number of likely N-dealkylation sites (N-methyl/N-ethyl adjacent to an activating group) is 1. The van der Waals surface area contributed by atoms with Crippen LogP contribution in [0, 0.1) is 0 Å². The average molecular weight is 367 g/mol. The zero-order valence-electron chi connectivity index (χ0n) is 14.4. The van der Waals surface area contributed by atoms with Gasteiger partial charge < -0.3 is 20.1 Å². The summed E-state index contributed by atoms with van der Waals surface area (Å²) in [6.07, 6.45) is 1.58. The number of carboxylic acid groups (broad SMARTS) is 1. The highest BCUT2D eigenvalue weighted by atomic mass is 32.1. The number of nitrogens with one attached hydrogen (secondary N) is 1. The maximum absolute atomic E-state index is 12.5. The van der Waals surface area contributed by atoms with Gasteiger partial charge in [-0.1, -0.05) is 13.0 Å². The van der Waals surface area contributed by atoms with Crippen LogP contribution in [0.25, 0.3) is 0 Å². The number of hydrogen-bond donors (Lipinski definition) is 2. The number of aliphatic carboxylic acids is 1. The van der Waals surface area contributed by atoms with E-state index in [0.29, 0.717) is 26.2 Å². The third-order valence-corrected chi connectivity index (χ3v) is 5.88. The molecule has 3 rings (SSSR count). The van der Waals surface area contributed by atoms with E-state index < -0.39 is 5.97 Å². The summed E-state index contributed by atoms with van der Waals surface area (Å²) in [5, 5.41) is 14.0. The summed E-state index contributed by atoms with van der Waals surface area (Å²) in [7, 11) is 0. The molecule has 1 aromatic rings. The van der Waals surface area contributed by atoms with E-state index in [4.69, 9.17) is 9.84 Å². The standard InChI is InChI=1S/C17H25N3O4S/c1-2-19(11-16(21)22)13-8-12(9-13)18-17(23)20-5-6-24-14(10-20)15-4-3-7-25-15/h3-4,7,12-14H,2,5-6,8-11H2,1H3,(H,18,23)(H,21,22). The monoisotopic (exact) mass is 367 g/mol. The van der Waals surface area contributed by atoms with E-state index in [-0.39, 0.29) is 30.8 Å². The van der Waals surface area contributed by atoms with Crippen molar-refractivity contribution in [3.63, 3.8) is 0 Å². The number of morpholine rings is 1. The fourth-order valence-corrected chi connectivity index (χ4v) is 4.19. The summed E-state index contributed by atoms with van der Waals surface area (Å²) >= 11 is 1.65. The van der Waals surface area contributed by atoms with Crippen LogP contribution in [-0.4, -0.2) is 71.8 Å². The molecule has 25 heavy (non-hydrogen) atoms. The molecule has 0 aromatic carbocycles. The zero-order chi connectivity index (χ0) is 17.8. The van der Waals surface area contributed by atoms with Gasteiger partial charge in [0.25, 0.3) is 0 Å². The molecular weight excluding hydrogens is 342 g/mol. The van der Waals surface area contributed by atoms with E-state index in [2.05, 4.69) is 5.32 Å². The molecule has 1 aromatic heterocycles. The summed E-state index contributed by atoms with van der Waals surface area (Å²) in [5.41, 5.74) is 0. The van der Waals surface area contributed by atoms with Crippen molar-refractivity contribution in [1.82, 2.24) is 15.1 Å². The van der Waals surface area contributed by atoms with Crippen LogP contribution in [0.4, 0.5) is 4.79 Å². The predicted molar refractivity (Wildman–Crippen MR) is 94.8 cm³/mol. The number of hydrogen-bond acceptors (Lipinski definition) is 5. The van der Waals surface area contributed by atoms with E-state index in [1.54, 1.807) is 11.3 Å². The molecule has 1 aliphatic carbocycles. The van der Waals surface area contributed by atoms with Gasteiger partial charge in [-0.2, -0.15) is 0 Å². The third kappa shape index (κ3) is 4.50. The molecule has 2 fully saturated rings. The van der Waals surface area contributed by atoms with Crippen molar-refractivity contribution in [3.8, 4) is 0 Å². The first-order chi connectivity index (χ1) is 12.1. The molecule has 2 aliphatic rings. The third-order valence-electron chi connectivity index (χ3n) is 4.92. The molecule has 7 nitrogen and oxygen atoms in total. The summed E-state index contributed by atoms with van der Waals surface area (Å²) < 4.78 is 5.77. The van der Waals surface area contributed by atoms with Crippen molar-refractivity contribution in [3.05, 3.63) is 22.4 Å². The molecule has 0 radical (unpaired) electrons. The lowest BCUT2D eigenvalue weighted by atomic mass is 9.85. The van der Waals surface area contributed by atoms with Crippen molar-refractivity contribution in [2.75, 3.05) is 32.8 Å². The Hall–Kier alpha value is -1.64. The first-order valence-electron chi connectivity index (χ1n) is 8.73. The van der Waals surface area contributed by atoms with Crippen LogP contribution in [0.15, 0.2) is 17.5 Å².